The Bertz CT molecular complexity index is 1080. The molecule has 26 heavy (non-hydrogen) atoms. The smallest absolute Gasteiger partial charge is 0.119 e. The topological polar surface area (TPSA) is 59.1 Å². The maximum Gasteiger partial charge on any atom is 0.119 e. The normalized spacial score (nSPS) is 11.6. The minimum Gasteiger partial charge on any atom is -0.497 e. The lowest BCUT2D eigenvalue weighted by Crippen LogP contribution is -2.00. The maximum atomic E-state index is 9.40. The minimum atomic E-state index is 0.104. The summed E-state index contributed by atoms with van der Waals surface area (Å²) in [5, 5.41) is 20.3. The van der Waals surface area contributed by atoms with Gasteiger partial charge in [-0.2, -0.15) is 10.2 Å². The molecule has 4 aromatic rings. The summed E-state index contributed by atoms with van der Waals surface area (Å²) in [6.45, 7) is 0.670. The second-order valence-electron chi connectivity index (χ2n) is 5.99. The van der Waals surface area contributed by atoms with Crippen LogP contribution >= 0.6 is 0 Å². The Kier molecular flexibility index (Phi) is 4.37. The number of nitrogens with zero attached hydrogens (tertiary/aromatic N) is 3. The summed E-state index contributed by atoms with van der Waals surface area (Å²) in [6, 6.07) is 21.7. The molecule has 0 unspecified atom stereocenters. The summed E-state index contributed by atoms with van der Waals surface area (Å²) >= 11 is 0. The van der Waals surface area contributed by atoms with Gasteiger partial charge in [-0.25, -0.2) is 0 Å². The Hall–Kier alpha value is -3.18. The highest BCUT2D eigenvalue weighted by Crippen LogP contribution is 2.32. The van der Waals surface area contributed by atoms with Gasteiger partial charge in [-0.05, 0) is 48.5 Å². The number of hydrogen-bond donors (Lipinski definition) is 1. The molecule has 1 aromatic heterocycles. The molecule has 0 spiro atoms. The van der Waals surface area contributed by atoms with Gasteiger partial charge in [0.25, 0.3) is 0 Å². The lowest BCUT2D eigenvalue weighted by molar-refractivity contribution is 0.280. The SMILES string of the molecule is COc1ccc(N=Nc2ccc3c(c2)c2ccccc2n3CCO)cc1. The van der Waals surface area contributed by atoms with Gasteiger partial charge in [0.05, 0.1) is 25.1 Å². The molecule has 0 bridgehead atoms. The van der Waals surface area contributed by atoms with Crippen molar-refractivity contribution in [3.63, 3.8) is 0 Å². The van der Waals surface area contributed by atoms with Crippen molar-refractivity contribution in [1.29, 1.82) is 0 Å². The molecule has 0 aliphatic heterocycles. The number of methoxy groups -OCH3 is 1. The second-order valence-corrected chi connectivity index (χ2v) is 5.99. The molecule has 1 N–H and O–H groups in total. The van der Waals surface area contributed by atoms with E-state index in [1.165, 1.54) is 0 Å². The van der Waals surface area contributed by atoms with Gasteiger partial charge in [0.1, 0.15) is 5.75 Å². The van der Waals surface area contributed by atoms with E-state index in [9.17, 15) is 5.11 Å². The van der Waals surface area contributed by atoms with Crippen LogP contribution in [0.4, 0.5) is 11.4 Å². The van der Waals surface area contributed by atoms with E-state index in [1.807, 2.05) is 54.6 Å². The fourth-order valence-corrected chi connectivity index (χ4v) is 3.21. The predicted molar refractivity (Wildman–Crippen MR) is 104 cm³/mol. The van der Waals surface area contributed by atoms with Crippen LogP contribution in [0, 0.1) is 0 Å². The third-order valence-corrected chi connectivity index (χ3v) is 4.43. The molecule has 0 saturated carbocycles. The van der Waals surface area contributed by atoms with E-state index in [4.69, 9.17) is 4.74 Å². The molecule has 5 heteroatoms. The molecule has 0 aliphatic rings. The Balaban J connectivity index is 1.75. The zero-order chi connectivity index (χ0) is 17.9. The second kappa shape index (κ2) is 6.98. The van der Waals surface area contributed by atoms with Gasteiger partial charge in [0.15, 0.2) is 0 Å². The zero-order valence-electron chi connectivity index (χ0n) is 14.5. The molecule has 0 atom stereocenters. The Morgan fingerprint density at radius 1 is 0.846 bits per heavy atom. The van der Waals surface area contributed by atoms with Gasteiger partial charge < -0.3 is 14.4 Å². The number of ether oxygens (including phenoxy) is 1. The third kappa shape index (κ3) is 2.93. The van der Waals surface area contributed by atoms with Crippen molar-refractivity contribution in [2.75, 3.05) is 13.7 Å². The van der Waals surface area contributed by atoms with Crippen molar-refractivity contribution in [3.8, 4) is 5.75 Å². The summed E-state index contributed by atoms with van der Waals surface area (Å²) < 4.78 is 7.28. The third-order valence-electron chi connectivity index (χ3n) is 4.43. The first kappa shape index (κ1) is 16.3. The molecule has 1 heterocycles. The maximum absolute atomic E-state index is 9.40. The van der Waals surface area contributed by atoms with Crippen LogP contribution in [0.2, 0.25) is 0 Å². The highest BCUT2D eigenvalue weighted by atomic mass is 16.5. The lowest BCUT2D eigenvalue weighted by atomic mass is 10.1. The van der Waals surface area contributed by atoms with E-state index in [1.54, 1.807) is 7.11 Å². The van der Waals surface area contributed by atoms with Gasteiger partial charge in [0.2, 0.25) is 0 Å². The minimum absolute atomic E-state index is 0.104. The average Bonchev–Trinajstić information content (AvgIpc) is 3.01. The number of aliphatic hydroxyl groups is 1. The quantitative estimate of drug-likeness (QED) is 0.505. The molecule has 130 valence electrons. The Morgan fingerprint density at radius 2 is 1.54 bits per heavy atom. The fourth-order valence-electron chi connectivity index (χ4n) is 3.21. The van der Waals surface area contributed by atoms with Crippen LogP contribution < -0.4 is 4.74 Å². The molecule has 0 amide bonds. The molecule has 3 aromatic carbocycles. The number of hydrogen-bond acceptors (Lipinski definition) is 4. The van der Waals surface area contributed by atoms with Crippen LogP contribution in [0.15, 0.2) is 77.0 Å². The number of aliphatic hydroxyl groups excluding tert-OH is 1. The van der Waals surface area contributed by atoms with Gasteiger partial charge in [-0.1, -0.05) is 18.2 Å². The van der Waals surface area contributed by atoms with Crippen LogP contribution in [0.25, 0.3) is 21.8 Å². The van der Waals surface area contributed by atoms with Gasteiger partial charge in [-0.3, -0.25) is 0 Å². The summed E-state index contributed by atoms with van der Waals surface area (Å²) in [5.74, 6) is 0.794. The molecular formula is C21H19N3O2. The first-order valence-corrected chi connectivity index (χ1v) is 8.48. The summed E-state index contributed by atoms with van der Waals surface area (Å²) in [5.41, 5.74) is 3.76. The number of rotatable bonds is 5. The van der Waals surface area contributed by atoms with Crippen LogP contribution in [0.3, 0.4) is 0 Å². The molecule has 0 saturated heterocycles. The predicted octanol–water partition coefficient (Wildman–Crippen LogP) is 5.21. The van der Waals surface area contributed by atoms with Crippen molar-refractivity contribution in [2.45, 2.75) is 6.54 Å². The van der Waals surface area contributed by atoms with Crippen LogP contribution in [-0.4, -0.2) is 23.4 Å². The van der Waals surface area contributed by atoms with Crippen molar-refractivity contribution < 1.29 is 9.84 Å². The summed E-state index contributed by atoms with van der Waals surface area (Å²) in [7, 11) is 1.64. The van der Waals surface area contributed by atoms with Crippen LogP contribution in [0.1, 0.15) is 0 Å². The zero-order valence-corrected chi connectivity index (χ0v) is 14.5. The van der Waals surface area contributed by atoms with E-state index in [2.05, 4.69) is 26.9 Å². The van der Waals surface area contributed by atoms with E-state index in [-0.39, 0.29) is 6.61 Å². The molecular weight excluding hydrogens is 326 g/mol. The van der Waals surface area contributed by atoms with E-state index < -0.39 is 0 Å². The van der Waals surface area contributed by atoms with Gasteiger partial charge in [-0.15, -0.1) is 0 Å². The lowest BCUT2D eigenvalue weighted by Gasteiger charge is -2.04. The molecule has 4 rings (SSSR count). The van der Waals surface area contributed by atoms with E-state index in [0.717, 1.165) is 38.9 Å². The van der Waals surface area contributed by atoms with Gasteiger partial charge in [0, 0.05) is 28.4 Å². The first-order chi connectivity index (χ1) is 12.8. The van der Waals surface area contributed by atoms with Crippen LogP contribution in [-0.2, 0) is 6.54 Å². The van der Waals surface area contributed by atoms with Crippen molar-refractivity contribution in [3.05, 3.63) is 66.7 Å². The molecule has 0 fully saturated rings. The fraction of sp³-hybridized carbons (Fsp3) is 0.143. The first-order valence-electron chi connectivity index (χ1n) is 8.48. The van der Waals surface area contributed by atoms with Crippen molar-refractivity contribution in [1.82, 2.24) is 4.57 Å². The highest BCUT2D eigenvalue weighted by molar-refractivity contribution is 6.08. The number of para-hydroxylation sites is 1. The number of fused-ring (bicyclic) bond motifs is 3. The molecule has 0 radical (unpaired) electrons. The van der Waals surface area contributed by atoms with Gasteiger partial charge >= 0.3 is 0 Å². The Morgan fingerprint density at radius 3 is 2.31 bits per heavy atom. The molecule has 5 nitrogen and oxygen atoms in total. The van der Waals surface area contributed by atoms with E-state index in [0.29, 0.717) is 6.54 Å². The average molecular weight is 345 g/mol. The number of azo groups is 1. The number of aromatic nitrogens is 1. The summed E-state index contributed by atoms with van der Waals surface area (Å²) in [6.07, 6.45) is 0. The standard InChI is InChI=1S/C21H19N3O2/c1-26-17-9-6-15(7-10-17)22-23-16-8-11-21-19(14-16)18-4-2-3-5-20(18)24(21)12-13-25/h2-11,14,25H,12-13H2,1H3. The monoisotopic (exact) mass is 345 g/mol. The largest absolute Gasteiger partial charge is 0.497 e. The Labute approximate surface area is 151 Å². The van der Waals surface area contributed by atoms with Crippen molar-refractivity contribution in [2.24, 2.45) is 10.2 Å². The van der Waals surface area contributed by atoms with E-state index >= 15 is 0 Å². The number of benzene rings is 3. The molecule has 0 aliphatic carbocycles. The van der Waals surface area contributed by atoms with Crippen LogP contribution in [0.5, 0.6) is 5.75 Å². The summed E-state index contributed by atoms with van der Waals surface area (Å²) in [4.78, 5) is 0. The highest BCUT2D eigenvalue weighted by Gasteiger charge is 2.10. The van der Waals surface area contributed by atoms with Crippen molar-refractivity contribution >= 4 is 33.2 Å².